The lowest BCUT2D eigenvalue weighted by Crippen LogP contribution is -2.28. The van der Waals surface area contributed by atoms with Crippen molar-refractivity contribution < 1.29 is 14.0 Å². The fourth-order valence-electron chi connectivity index (χ4n) is 3.93. The Morgan fingerprint density at radius 1 is 1.18 bits per heavy atom. The van der Waals surface area contributed by atoms with Crippen LogP contribution >= 0.6 is 0 Å². The Bertz CT molecular complexity index is 1050. The van der Waals surface area contributed by atoms with Crippen molar-refractivity contribution in [2.24, 2.45) is 0 Å². The molecule has 1 aliphatic heterocycles. The number of allylic oxidation sites excluding steroid dienone is 2. The summed E-state index contributed by atoms with van der Waals surface area (Å²) in [6.07, 6.45) is 7.34. The van der Waals surface area contributed by atoms with Crippen LogP contribution in [0.5, 0.6) is 11.5 Å². The summed E-state index contributed by atoms with van der Waals surface area (Å²) in [6, 6.07) is 5.99. The van der Waals surface area contributed by atoms with E-state index in [-0.39, 0.29) is 0 Å². The number of ether oxygens (including phenoxy) is 2. The van der Waals surface area contributed by atoms with E-state index >= 15 is 0 Å². The first-order valence-electron chi connectivity index (χ1n) is 11.6. The first-order valence-corrected chi connectivity index (χ1v) is 11.6. The topological polar surface area (TPSA) is 84.7 Å². The highest BCUT2D eigenvalue weighted by Gasteiger charge is 2.26. The molecule has 0 fully saturated rings. The summed E-state index contributed by atoms with van der Waals surface area (Å²) in [6.45, 7) is 7.81. The molecule has 8 nitrogen and oxygen atoms in total. The lowest BCUT2D eigenvalue weighted by Gasteiger charge is -2.19. The maximum absolute atomic E-state index is 5.73. The molecule has 0 radical (unpaired) electrons. The number of nitrogens with one attached hydrogen (secondary N) is 2. The highest BCUT2D eigenvalue weighted by molar-refractivity contribution is 5.75. The summed E-state index contributed by atoms with van der Waals surface area (Å²) < 4.78 is 17.0. The Balaban J connectivity index is 1.48. The Kier molecular flexibility index (Phi) is 7.47. The minimum atomic E-state index is 0.311. The molecule has 2 N–H and O–H groups in total. The normalized spacial score (nSPS) is 17.2. The quantitative estimate of drug-likeness (QED) is 0.504. The molecule has 4 rings (SSSR count). The molecule has 1 atom stereocenters. The van der Waals surface area contributed by atoms with E-state index < -0.39 is 0 Å². The van der Waals surface area contributed by atoms with Crippen molar-refractivity contribution in [3.63, 3.8) is 0 Å². The van der Waals surface area contributed by atoms with Gasteiger partial charge in [0.05, 0.1) is 19.3 Å². The van der Waals surface area contributed by atoms with Crippen LogP contribution in [0.2, 0.25) is 0 Å². The molecule has 8 heteroatoms. The van der Waals surface area contributed by atoms with Crippen molar-refractivity contribution in [1.82, 2.24) is 25.7 Å². The van der Waals surface area contributed by atoms with E-state index in [1.54, 1.807) is 0 Å². The van der Waals surface area contributed by atoms with E-state index in [0.717, 1.165) is 37.2 Å². The lowest BCUT2D eigenvalue weighted by molar-refractivity contribution is 0.288. The van der Waals surface area contributed by atoms with Gasteiger partial charge in [-0.3, -0.25) is 0 Å². The SMILES string of the molecule is CCOc1ccc(-c2nc(C3=CCC4NC=C(CNCCN(C)C)C4=C3)no2)cc1OCC. The van der Waals surface area contributed by atoms with Crippen molar-refractivity contribution in [3.05, 3.63) is 53.5 Å². The summed E-state index contributed by atoms with van der Waals surface area (Å²) in [5, 5.41) is 11.3. The molecule has 1 aromatic heterocycles. The standard InChI is InChI=1S/C25H33N5O3/c1-5-31-22-10-8-18(14-23(22)32-6-2)25-28-24(29-33-25)17-7-9-21-20(13-17)19(16-27-21)15-26-11-12-30(3)4/h7-8,10,13-14,16,21,26-27H,5-6,9,11-12,15H2,1-4H3. The van der Waals surface area contributed by atoms with Gasteiger partial charge in [0.2, 0.25) is 5.82 Å². The maximum atomic E-state index is 5.73. The Hall–Kier alpha value is -3.10. The van der Waals surface area contributed by atoms with Crippen molar-refractivity contribution >= 4 is 5.57 Å². The van der Waals surface area contributed by atoms with Crippen molar-refractivity contribution in [3.8, 4) is 23.0 Å². The Morgan fingerprint density at radius 3 is 2.79 bits per heavy atom. The van der Waals surface area contributed by atoms with Gasteiger partial charge in [-0.1, -0.05) is 11.2 Å². The number of likely N-dealkylation sites (N-methyl/N-ethyl adjacent to an activating group) is 1. The molecule has 2 aromatic rings. The van der Waals surface area contributed by atoms with Gasteiger partial charge < -0.3 is 29.5 Å². The minimum absolute atomic E-state index is 0.311. The zero-order chi connectivity index (χ0) is 23.2. The summed E-state index contributed by atoms with van der Waals surface area (Å²) in [5.74, 6) is 2.43. The predicted molar refractivity (Wildman–Crippen MR) is 129 cm³/mol. The van der Waals surface area contributed by atoms with Gasteiger partial charge in [-0.15, -0.1) is 0 Å². The highest BCUT2D eigenvalue weighted by Crippen LogP contribution is 2.34. The predicted octanol–water partition coefficient (Wildman–Crippen LogP) is 3.25. The van der Waals surface area contributed by atoms with E-state index in [1.807, 2.05) is 32.0 Å². The molecule has 0 bridgehead atoms. The van der Waals surface area contributed by atoms with Crippen LogP contribution in [0.1, 0.15) is 26.1 Å². The molecule has 1 aromatic carbocycles. The molecule has 0 amide bonds. The van der Waals surface area contributed by atoms with E-state index in [9.17, 15) is 0 Å². The largest absolute Gasteiger partial charge is 0.490 e. The van der Waals surface area contributed by atoms with E-state index in [4.69, 9.17) is 14.0 Å². The minimum Gasteiger partial charge on any atom is -0.490 e. The third kappa shape index (κ3) is 5.46. The number of hydrogen-bond acceptors (Lipinski definition) is 8. The maximum Gasteiger partial charge on any atom is 0.258 e. The number of rotatable bonds is 11. The van der Waals surface area contributed by atoms with Gasteiger partial charge >= 0.3 is 0 Å². The lowest BCUT2D eigenvalue weighted by atomic mass is 9.92. The van der Waals surface area contributed by atoms with Crippen LogP contribution in [0.4, 0.5) is 0 Å². The summed E-state index contributed by atoms with van der Waals surface area (Å²) in [4.78, 5) is 6.84. The van der Waals surface area contributed by atoms with Crippen LogP contribution in [0.25, 0.3) is 17.0 Å². The van der Waals surface area contributed by atoms with Crippen molar-refractivity contribution in [2.45, 2.75) is 26.3 Å². The molecule has 0 saturated heterocycles. The zero-order valence-electron chi connectivity index (χ0n) is 19.9. The molecule has 2 aliphatic rings. The van der Waals surface area contributed by atoms with Crippen molar-refractivity contribution in [2.75, 3.05) is 46.9 Å². The summed E-state index contributed by atoms with van der Waals surface area (Å²) in [5.41, 5.74) is 4.35. The second kappa shape index (κ2) is 10.7. The van der Waals surface area contributed by atoms with Crippen molar-refractivity contribution in [1.29, 1.82) is 0 Å². The fraction of sp³-hybridized carbons (Fsp3) is 0.440. The van der Waals surface area contributed by atoms with Crippen LogP contribution < -0.4 is 20.1 Å². The number of fused-ring (bicyclic) bond motifs is 1. The van der Waals surface area contributed by atoms with Crippen LogP contribution in [0.15, 0.2) is 52.2 Å². The molecule has 0 saturated carbocycles. The van der Waals surface area contributed by atoms with Gasteiger partial charge in [-0.25, -0.2) is 0 Å². The first-order chi connectivity index (χ1) is 16.1. The average molecular weight is 452 g/mol. The Morgan fingerprint density at radius 2 is 2.00 bits per heavy atom. The van der Waals surface area contributed by atoms with Gasteiger partial charge in [-0.05, 0) is 69.8 Å². The summed E-state index contributed by atoms with van der Waals surface area (Å²) >= 11 is 0. The molecular weight excluding hydrogens is 418 g/mol. The highest BCUT2D eigenvalue weighted by atomic mass is 16.5. The van der Waals surface area contributed by atoms with E-state index in [2.05, 4.69) is 58.1 Å². The second-order valence-corrected chi connectivity index (χ2v) is 8.31. The first kappa shape index (κ1) is 23.1. The average Bonchev–Trinajstić information content (AvgIpc) is 3.45. The molecular formula is C25H33N5O3. The number of benzene rings is 1. The van der Waals surface area contributed by atoms with Gasteiger partial charge in [0.15, 0.2) is 11.5 Å². The third-order valence-electron chi connectivity index (χ3n) is 5.62. The second-order valence-electron chi connectivity index (χ2n) is 8.31. The molecule has 176 valence electrons. The molecule has 2 heterocycles. The molecule has 1 aliphatic carbocycles. The fourth-order valence-corrected chi connectivity index (χ4v) is 3.93. The van der Waals surface area contributed by atoms with E-state index in [1.165, 1.54) is 11.1 Å². The van der Waals surface area contributed by atoms with Crippen LogP contribution in [-0.2, 0) is 0 Å². The van der Waals surface area contributed by atoms with Gasteiger partial charge in [0.1, 0.15) is 0 Å². The molecule has 0 spiro atoms. The van der Waals surface area contributed by atoms with E-state index in [0.29, 0.717) is 42.5 Å². The summed E-state index contributed by atoms with van der Waals surface area (Å²) in [7, 11) is 4.16. The monoisotopic (exact) mass is 451 g/mol. The number of aromatic nitrogens is 2. The van der Waals surface area contributed by atoms with Crippen LogP contribution in [0, 0.1) is 0 Å². The van der Waals surface area contributed by atoms with Gasteiger partial charge in [0, 0.05) is 37.0 Å². The zero-order valence-corrected chi connectivity index (χ0v) is 19.9. The number of hydrogen-bond donors (Lipinski definition) is 2. The Labute approximate surface area is 195 Å². The molecule has 1 unspecified atom stereocenters. The van der Waals surface area contributed by atoms with Crippen LogP contribution in [-0.4, -0.2) is 68.0 Å². The number of nitrogens with zero attached hydrogens (tertiary/aromatic N) is 3. The van der Waals surface area contributed by atoms with Gasteiger partial charge in [-0.2, -0.15) is 4.98 Å². The van der Waals surface area contributed by atoms with Crippen LogP contribution in [0.3, 0.4) is 0 Å². The third-order valence-corrected chi connectivity index (χ3v) is 5.62. The molecule has 33 heavy (non-hydrogen) atoms. The smallest absolute Gasteiger partial charge is 0.258 e. The van der Waals surface area contributed by atoms with Gasteiger partial charge in [0.25, 0.3) is 5.89 Å².